The van der Waals surface area contributed by atoms with E-state index in [1.807, 2.05) is 12.1 Å². The van der Waals surface area contributed by atoms with E-state index in [1.165, 1.54) is 0 Å². The minimum absolute atomic E-state index is 0.401. The Kier molecular flexibility index (Phi) is 6.13. The summed E-state index contributed by atoms with van der Waals surface area (Å²) in [5.41, 5.74) is 7.21. The Morgan fingerprint density at radius 2 is 1.81 bits per heavy atom. The molecule has 0 saturated heterocycles. The van der Waals surface area contributed by atoms with Gasteiger partial charge in [-0.2, -0.15) is 13.1 Å². The Hall–Kier alpha value is -1.64. The number of rotatable bonds is 6. The van der Waals surface area contributed by atoms with E-state index in [4.69, 9.17) is 10.5 Å². The summed E-state index contributed by atoms with van der Waals surface area (Å²) in [4.78, 5) is 11.3. The molecule has 0 aromatic heterocycles. The van der Waals surface area contributed by atoms with Crippen molar-refractivity contribution in [3.8, 4) is 0 Å². The van der Waals surface area contributed by atoms with E-state index >= 15 is 0 Å². The summed E-state index contributed by atoms with van der Waals surface area (Å²) in [6.07, 6.45) is -1.41. The van der Waals surface area contributed by atoms with Crippen molar-refractivity contribution in [2.24, 2.45) is 5.73 Å². The van der Waals surface area contributed by atoms with Gasteiger partial charge in [-0.15, -0.1) is 0 Å². The normalized spacial score (nSPS) is 13.0. The van der Waals surface area contributed by atoms with Crippen molar-refractivity contribution in [1.29, 1.82) is 0 Å². The molecular formula is C13H21N3O4S. The lowest BCUT2D eigenvalue weighted by Gasteiger charge is -2.16. The van der Waals surface area contributed by atoms with E-state index in [1.54, 1.807) is 37.6 Å². The van der Waals surface area contributed by atoms with Crippen molar-refractivity contribution in [2.75, 3.05) is 0 Å². The minimum Gasteiger partial charge on any atom is -0.446 e. The number of benzene rings is 1. The summed E-state index contributed by atoms with van der Waals surface area (Å²) in [7, 11) is -3.99. The first kappa shape index (κ1) is 17.4. The summed E-state index contributed by atoms with van der Waals surface area (Å²) < 4.78 is 32.4. The molecule has 0 heterocycles. The molecule has 1 rings (SSSR count). The zero-order chi connectivity index (χ0) is 16.0. The number of nitrogens with one attached hydrogen (secondary N) is 2. The maximum absolute atomic E-state index is 11.8. The summed E-state index contributed by atoms with van der Waals surface area (Å²) in [5, 5.41) is 0. The maximum Gasteiger partial charge on any atom is 0.422 e. The third-order valence-electron chi connectivity index (χ3n) is 2.61. The molecule has 1 amide bonds. The zero-order valence-electron chi connectivity index (χ0n) is 12.3. The third-order valence-corrected chi connectivity index (χ3v) is 3.71. The smallest absolute Gasteiger partial charge is 0.422 e. The minimum atomic E-state index is -3.99. The number of nitrogens with two attached hydrogens (primary N) is 1. The quantitative estimate of drug-likeness (QED) is 0.730. The van der Waals surface area contributed by atoms with Gasteiger partial charge in [-0.05, 0) is 31.9 Å². The van der Waals surface area contributed by atoms with Crippen LogP contribution in [-0.2, 0) is 21.5 Å². The van der Waals surface area contributed by atoms with Gasteiger partial charge in [-0.3, -0.25) is 0 Å². The molecule has 21 heavy (non-hydrogen) atoms. The van der Waals surface area contributed by atoms with Gasteiger partial charge in [-0.1, -0.05) is 24.3 Å². The molecule has 0 aliphatic rings. The van der Waals surface area contributed by atoms with E-state index in [0.29, 0.717) is 6.54 Å². The molecule has 1 aromatic rings. The highest BCUT2D eigenvalue weighted by molar-refractivity contribution is 7.88. The lowest BCUT2D eigenvalue weighted by Crippen LogP contribution is -2.42. The number of hydrogen-bond acceptors (Lipinski definition) is 5. The van der Waals surface area contributed by atoms with Crippen molar-refractivity contribution in [2.45, 2.75) is 39.5 Å². The van der Waals surface area contributed by atoms with Crippen molar-refractivity contribution in [1.82, 2.24) is 9.44 Å². The number of ether oxygens (including phenoxy) is 1. The molecule has 118 valence electrons. The van der Waals surface area contributed by atoms with E-state index < -0.39 is 28.4 Å². The zero-order valence-corrected chi connectivity index (χ0v) is 13.1. The van der Waals surface area contributed by atoms with Crippen LogP contribution in [0.4, 0.5) is 4.79 Å². The van der Waals surface area contributed by atoms with Gasteiger partial charge in [0.15, 0.2) is 0 Å². The predicted octanol–water partition coefficient (Wildman–Crippen LogP) is 1.18. The predicted molar refractivity (Wildman–Crippen MR) is 79.6 cm³/mol. The van der Waals surface area contributed by atoms with Crippen LogP contribution >= 0.6 is 0 Å². The molecular weight excluding hydrogens is 294 g/mol. The van der Waals surface area contributed by atoms with Crippen LogP contribution < -0.4 is 15.2 Å². The number of hydrogen-bond donors (Lipinski definition) is 3. The van der Waals surface area contributed by atoms with Gasteiger partial charge in [0.25, 0.3) is 0 Å². The molecule has 0 saturated carbocycles. The van der Waals surface area contributed by atoms with Crippen LogP contribution in [0, 0.1) is 0 Å². The SMILES string of the molecule is CC(C)OC(=O)NS(=O)(=O)NC(C)c1ccc(CN)cc1. The second-order valence-corrected chi connectivity index (χ2v) is 6.29. The average molecular weight is 315 g/mol. The van der Waals surface area contributed by atoms with E-state index in [2.05, 4.69) is 4.72 Å². The van der Waals surface area contributed by atoms with E-state index in [0.717, 1.165) is 11.1 Å². The Morgan fingerprint density at radius 1 is 1.24 bits per heavy atom. The molecule has 1 aromatic carbocycles. The highest BCUT2D eigenvalue weighted by atomic mass is 32.2. The molecule has 0 bridgehead atoms. The van der Waals surface area contributed by atoms with Crippen molar-refractivity contribution in [3.63, 3.8) is 0 Å². The summed E-state index contributed by atoms with van der Waals surface area (Å²) in [6.45, 7) is 5.34. The highest BCUT2D eigenvalue weighted by Crippen LogP contribution is 2.14. The lowest BCUT2D eigenvalue weighted by atomic mass is 10.1. The van der Waals surface area contributed by atoms with Gasteiger partial charge < -0.3 is 10.5 Å². The first-order chi connectivity index (χ1) is 9.73. The Balaban J connectivity index is 2.67. The van der Waals surface area contributed by atoms with Gasteiger partial charge in [0.2, 0.25) is 0 Å². The molecule has 1 atom stereocenters. The van der Waals surface area contributed by atoms with Crippen LogP contribution in [0.5, 0.6) is 0 Å². The van der Waals surface area contributed by atoms with Gasteiger partial charge >= 0.3 is 16.3 Å². The summed E-state index contributed by atoms with van der Waals surface area (Å²) in [6, 6.07) is 6.70. The first-order valence-electron chi connectivity index (χ1n) is 6.53. The molecule has 0 spiro atoms. The van der Waals surface area contributed by atoms with Crippen LogP contribution in [0.3, 0.4) is 0 Å². The average Bonchev–Trinajstić information content (AvgIpc) is 2.36. The Morgan fingerprint density at radius 3 is 2.29 bits per heavy atom. The van der Waals surface area contributed by atoms with E-state index in [-0.39, 0.29) is 0 Å². The second kappa shape index (κ2) is 7.39. The number of carbonyl (C=O) groups is 1. The fourth-order valence-corrected chi connectivity index (χ4v) is 2.55. The van der Waals surface area contributed by atoms with Gasteiger partial charge in [-0.25, -0.2) is 9.52 Å². The maximum atomic E-state index is 11.8. The van der Waals surface area contributed by atoms with Crippen molar-refractivity contribution < 1.29 is 17.9 Å². The highest BCUT2D eigenvalue weighted by Gasteiger charge is 2.19. The Labute approximate surface area is 125 Å². The lowest BCUT2D eigenvalue weighted by molar-refractivity contribution is 0.121. The van der Waals surface area contributed by atoms with Crippen LogP contribution in [0.25, 0.3) is 0 Å². The summed E-state index contributed by atoms with van der Waals surface area (Å²) in [5.74, 6) is 0. The van der Waals surface area contributed by atoms with Crippen LogP contribution in [0.15, 0.2) is 24.3 Å². The van der Waals surface area contributed by atoms with Crippen LogP contribution in [-0.4, -0.2) is 20.6 Å². The van der Waals surface area contributed by atoms with Gasteiger partial charge in [0.1, 0.15) is 0 Å². The van der Waals surface area contributed by atoms with Gasteiger partial charge in [0.05, 0.1) is 6.10 Å². The van der Waals surface area contributed by atoms with Crippen molar-refractivity contribution in [3.05, 3.63) is 35.4 Å². The largest absolute Gasteiger partial charge is 0.446 e. The number of amides is 1. The number of carbonyl (C=O) groups excluding carboxylic acids is 1. The first-order valence-corrected chi connectivity index (χ1v) is 8.01. The molecule has 7 nitrogen and oxygen atoms in total. The van der Waals surface area contributed by atoms with E-state index in [9.17, 15) is 13.2 Å². The van der Waals surface area contributed by atoms with Crippen LogP contribution in [0.1, 0.15) is 37.9 Å². The van der Waals surface area contributed by atoms with Crippen LogP contribution in [0.2, 0.25) is 0 Å². The third kappa shape index (κ3) is 6.11. The molecule has 8 heteroatoms. The molecule has 0 aliphatic heterocycles. The topological polar surface area (TPSA) is 111 Å². The molecule has 4 N–H and O–H groups in total. The molecule has 0 radical (unpaired) electrons. The van der Waals surface area contributed by atoms with Crippen molar-refractivity contribution >= 4 is 16.3 Å². The molecule has 0 aliphatic carbocycles. The fourth-order valence-electron chi connectivity index (χ4n) is 1.62. The Bertz CT molecular complexity index is 570. The summed E-state index contributed by atoms with van der Waals surface area (Å²) >= 11 is 0. The standard InChI is InChI=1S/C13H21N3O4S/c1-9(2)20-13(17)16-21(18,19)15-10(3)12-6-4-11(8-14)5-7-12/h4-7,9-10,15H,8,14H2,1-3H3,(H,16,17). The van der Waals surface area contributed by atoms with Gasteiger partial charge in [0, 0.05) is 12.6 Å². The molecule has 1 unspecified atom stereocenters. The molecule has 0 fully saturated rings. The fraction of sp³-hybridized carbons (Fsp3) is 0.462. The monoisotopic (exact) mass is 315 g/mol. The second-order valence-electron chi connectivity index (χ2n) is 4.84.